The lowest BCUT2D eigenvalue weighted by molar-refractivity contribution is -0.149. The van der Waals surface area contributed by atoms with Crippen molar-refractivity contribution in [1.29, 1.82) is 0 Å². The molecule has 0 spiro atoms. The van der Waals surface area contributed by atoms with Crippen LogP contribution in [0.4, 0.5) is 5.69 Å². The molecule has 1 aliphatic rings. The Kier molecular flexibility index (Phi) is 5.77. The van der Waals surface area contributed by atoms with Gasteiger partial charge in [0.1, 0.15) is 0 Å². The monoisotopic (exact) mass is 427 g/mol. The fourth-order valence-corrected chi connectivity index (χ4v) is 3.90. The zero-order valence-corrected chi connectivity index (χ0v) is 18.3. The lowest BCUT2D eigenvalue weighted by Gasteiger charge is -2.33. The lowest BCUT2D eigenvalue weighted by Crippen LogP contribution is -2.43. The summed E-state index contributed by atoms with van der Waals surface area (Å²) in [5.41, 5.74) is 2.64. The van der Waals surface area contributed by atoms with E-state index in [1.54, 1.807) is 12.1 Å². The van der Waals surface area contributed by atoms with E-state index >= 15 is 0 Å². The van der Waals surface area contributed by atoms with E-state index < -0.39 is 5.72 Å². The summed E-state index contributed by atoms with van der Waals surface area (Å²) >= 11 is 0. The van der Waals surface area contributed by atoms with Crippen molar-refractivity contribution >= 4 is 23.4 Å². The minimum absolute atomic E-state index is 0.188. The Morgan fingerprint density at radius 2 is 1.72 bits per heavy atom. The molecule has 6 nitrogen and oxygen atoms in total. The van der Waals surface area contributed by atoms with Gasteiger partial charge in [-0.3, -0.25) is 9.59 Å². The molecule has 6 heteroatoms. The molecule has 1 N–H and O–H groups in total. The van der Waals surface area contributed by atoms with Gasteiger partial charge in [0.05, 0.1) is 0 Å². The fraction of sp³-hybridized carbons (Fsp3) is 0.192. The topological polar surface area (TPSA) is 71.0 Å². The smallest absolute Gasteiger partial charge is 0.255 e. The van der Waals surface area contributed by atoms with Crippen LogP contribution in [-0.4, -0.2) is 22.7 Å². The minimum Gasteiger partial charge on any atom is -0.443 e. The third-order valence-corrected chi connectivity index (χ3v) is 5.56. The van der Waals surface area contributed by atoms with Crippen LogP contribution in [0.5, 0.6) is 0 Å². The van der Waals surface area contributed by atoms with Gasteiger partial charge in [0.15, 0.2) is 0 Å². The Hall–Kier alpha value is -3.93. The lowest BCUT2D eigenvalue weighted by atomic mass is 9.99. The van der Waals surface area contributed by atoms with Crippen molar-refractivity contribution < 1.29 is 14.3 Å². The average Bonchev–Trinajstić information content (AvgIpc) is 3.22. The zero-order valence-electron chi connectivity index (χ0n) is 18.3. The van der Waals surface area contributed by atoms with Gasteiger partial charge in [-0.15, -0.1) is 5.10 Å². The minimum atomic E-state index is -1.01. The molecule has 0 aromatic heterocycles. The van der Waals surface area contributed by atoms with Crippen molar-refractivity contribution in [3.8, 4) is 0 Å². The number of nitrogens with one attached hydrogen (secondary N) is 1. The molecule has 1 unspecified atom stereocenters. The van der Waals surface area contributed by atoms with Crippen LogP contribution < -0.4 is 5.32 Å². The second-order valence-electron chi connectivity index (χ2n) is 7.69. The van der Waals surface area contributed by atoms with Crippen molar-refractivity contribution in [2.24, 2.45) is 5.10 Å². The number of rotatable bonds is 5. The summed E-state index contributed by atoms with van der Waals surface area (Å²) in [5.74, 6) is -0.0697. The number of carbonyl (C=O) groups excluding carboxylic acids is 2. The summed E-state index contributed by atoms with van der Waals surface area (Å²) in [4.78, 5) is 25.2. The molecule has 3 aromatic carbocycles. The molecule has 4 rings (SSSR count). The second-order valence-corrected chi connectivity index (χ2v) is 7.69. The number of hydrogen-bond donors (Lipinski definition) is 1. The molecule has 1 heterocycles. The second kappa shape index (κ2) is 8.67. The third kappa shape index (κ3) is 3.87. The van der Waals surface area contributed by atoms with Gasteiger partial charge < -0.3 is 10.1 Å². The molecular weight excluding hydrogens is 402 g/mol. The molecule has 3 aromatic rings. The summed E-state index contributed by atoms with van der Waals surface area (Å²) in [5, 5.41) is 8.85. The van der Waals surface area contributed by atoms with Crippen molar-refractivity contribution in [3.63, 3.8) is 0 Å². The molecule has 32 heavy (non-hydrogen) atoms. The fourth-order valence-electron chi connectivity index (χ4n) is 3.90. The summed E-state index contributed by atoms with van der Waals surface area (Å²) in [6.45, 7) is 5.33. The molecule has 0 aliphatic carbocycles. The van der Waals surface area contributed by atoms with E-state index in [2.05, 4.69) is 10.4 Å². The van der Waals surface area contributed by atoms with Crippen LogP contribution in [-0.2, 0) is 15.3 Å². The van der Waals surface area contributed by atoms with E-state index in [0.29, 0.717) is 29.1 Å². The van der Waals surface area contributed by atoms with E-state index in [-0.39, 0.29) is 11.8 Å². The Labute approximate surface area is 187 Å². The predicted molar refractivity (Wildman–Crippen MR) is 124 cm³/mol. The highest BCUT2D eigenvalue weighted by Gasteiger charge is 2.47. The Balaban J connectivity index is 1.64. The van der Waals surface area contributed by atoms with E-state index in [4.69, 9.17) is 4.74 Å². The van der Waals surface area contributed by atoms with Gasteiger partial charge in [-0.1, -0.05) is 61.5 Å². The van der Waals surface area contributed by atoms with Crippen LogP contribution >= 0.6 is 0 Å². The Morgan fingerprint density at radius 1 is 1.00 bits per heavy atom. The molecular formula is C26H25N3O3. The summed E-state index contributed by atoms with van der Waals surface area (Å²) < 4.78 is 6.35. The first-order valence-electron chi connectivity index (χ1n) is 10.6. The zero-order chi connectivity index (χ0) is 22.7. The number of carbonyl (C=O) groups is 2. The number of hydrogen-bond acceptors (Lipinski definition) is 4. The van der Waals surface area contributed by atoms with E-state index in [9.17, 15) is 9.59 Å². The molecule has 1 aliphatic heterocycles. The summed E-state index contributed by atoms with van der Waals surface area (Å²) in [7, 11) is 0. The first-order valence-corrected chi connectivity index (χ1v) is 10.6. The van der Waals surface area contributed by atoms with Crippen molar-refractivity contribution in [2.75, 3.05) is 5.32 Å². The van der Waals surface area contributed by atoms with E-state index in [1.165, 1.54) is 11.9 Å². The van der Waals surface area contributed by atoms with Gasteiger partial charge in [0, 0.05) is 35.7 Å². The van der Waals surface area contributed by atoms with Crippen LogP contribution in [0.1, 0.15) is 47.3 Å². The quantitative estimate of drug-likeness (QED) is 0.619. The van der Waals surface area contributed by atoms with Crippen LogP contribution in [0.3, 0.4) is 0 Å². The standard InChI is InChI=1S/C26H25N3O3/c1-4-26(21-13-6-5-7-14-21)29(19(3)30)28-25(32-26)20-12-10-15-22(17-20)27-24(31)23-16-9-8-11-18(23)2/h5-17H,4H2,1-3H3,(H,27,31). The molecule has 0 bridgehead atoms. The molecule has 0 saturated heterocycles. The van der Waals surface area contributed by atoms with Crippen molar-refractivity contribution in [2.45, 2.75) is 32.9 Å². The van der Waals surface area contributed by atoms with Gasteiger partial charge in [0.2, 0.25) is 17.5 Å². The average molecular weight is 428 g/mol. The number of anilines is 1. The molecule has 0 saturated carbocycles. The van der Waals surface area contributed by atoms with Crippen LogP contribution in [0.25, 0.3) is 0 Å². The normalized spacial score (nSPS) is 17.5. The van der Waals surface area contributed by atoms with Crippen LogP contribution in [0.15, 0.2) is 84.0 Å². The highest BCUT2D eigenvalue weighted by Crippen LogP contribution is 2.39. The maximum atomic E-state index is 12.7. The Bertz CT molecular complexity index is 1190. The number of hydrazone groups is 1. The maximum Gasteiger partial charge on any atom is 0.255 e. The largest absolute Gasteiger partial charge is 0.443 e. The SMILES string of the molecule is CCC1(c2ccccc2)OC(c2cccc(NC(=O)c3ccccc3C)c2)=NN1C(C)=O. The molecule has 2 amide bonds. The van der Waals surface area contributed by atoms with Gasteiger partial charge in [0.25, 0.3) is 5.91 Å². The van der Waals surface area contributed by atoms with Gasteiger partial charge in [-0.25, -0.2) is 0 Å². The van der Waals surface area contributed by atoms with Gasteiger partial charge in [-0.05, 0) is 36.8 Å². The van der Waals surface area contributed by atoms with E-state index in [1.807, 2.05) is 80.6 Å². The van der Waals surface area contributed by atoms with Gasteiger partial charge >= 0.3 is 0 Å². The highest BCUT2D eigenvalue weighted by molar-refractivity contribution is 6.06. The first-order chi connectivity index (χ1) is 15.4. The third-order valence-electron chi connectivity index (χ3n) is 5.56. The molecule has 0 fully saturated rings. The van der Waals surface area contributed by atoms with Crippen LogP contribution in [0.2, 0.25) is 0 Å². The van der Waals surface area contributed by atoms with Crippen LogP contribution in [0, 0.1) is 6.92 Å². The highest BCUT2D eigenvalue weighted by atomic mass is 16.6. The van der Waals surface area contributed by atoms with Crippen molar-refractivity contribution in [1.82, 2.24) is 5.01 Å². The molecule has 1 atom stereocenters. The number of nitrogens with zero attached hydrogens (tertiary/aromatic N) is 2. The number of benzene rings is 3. The first kappa shape index (κ1) is 21.3. The molecule has 162 valence electrons. The number of ether oxygens (including phenoxy) is 1. The summed E-state index contributed by atoms with van der Waals surface area (Å²) in [6, 6.07) is 24.3. The van der Waals surface area contributed by atoms with Crippen molar-refractivity contribution in [3.05, 3.63) is 101 Å². The maximum absolute atomic E-state index is 12.7. The predicted octanol–water partition coefficient (Wildman–Crippen LogP) is 5.05. The molecule has 0 radical (unpaired) electrons. The van der Waals surface area contributed by atoms with Gasteiger partial charge in [-0.2, -0.15) is 5.01 Å². The van der Waals surface area contributed by atoms with E-state index in [0.717, 1.165) is 11.1 Å². The summed E-state index contributed by atoms with van der Waals surface area (Å²) in [6.07, 6.45) is 0.521. The number of amides is 2. The number of aryl methyl sites for hydroxylation is 1. The Morgan fingerprint density at radius 3 is 2.41 bits per heavy atom.